The summed E-state index contributed by atoms with van der Waals surface area (Å²) in [6, 6.07) is 11.5. The Hall–Kier alpha value is -0.900. The smallest absolute Gasteiger partial charge is 0.162 e. The molecule has 0 bridgehead atoms. The molecule has 5 heteroatoms. The highest BCUT2D eigenvalue weighted by Crippen LogP contribution is 2.41. The van der Waals surface area contributed by atoms with Crippen molar-refractivity contribution in [1.29, 1.82) is 0 Å². The number of alkyl halides is 1. The minimum atomic E-state index is -0.327. The van der Waals surface area contributed by atoms with Crippen LogP contribution in [0.25, 0.3) is 0 Å². The third-order valence-electron chi connectivity index (χ3n) is 3.10. The maximum Gasteiger partial charge on any atom is 0.162 e. The maximum absolute atomic E-state index is 6.54. The van der Waals surface area contributed by atoms with Crippen LogP contribution in [-0.4, -0.2) is 13.2 Å². The molecule has 1 unspecified atom stereocenters. The van der Waals surface area contributed by atoms with Crippen molar-refractivity contribution in [2.24, 2.45) is 0 Å². The van der Waals surface area contributed by atoms with Crippen LogP contribution >= 0.6 is 39.1 Å². The molecule has 0 fully saturated rings. The Bertz CT molecular complexity index is 629. The van der Waals surface area contributed by atoms with Crippen molar-refractivity contribution in [3.8, 4) is 11.5 Å². The molecule has 0 N–H and O–H groups in total. The van der Waals surface area contributed by atoms with E-state index in [4.69, 9.17) is 32.7 Å². The molecular weight excluding hydrogens is 363 g/mol. The number of halogens is 3. The number of benzene rings is 2. The lowest BCUT2D eigenvalue weighted by atomic mass is 10.0. The Morgan fingerprint density at radius 2 is 1.60 bits per heavy atom. The van der Waals surface area contributed by atoms with Gasteiger partial charge in [0.25, 0.3) is 0 Å². The van der Waals surface area contributed by atoms with Crippen molar-refractivity contribution in [3.05, 3.63) is 57.0 Å². The molecule has 0 radical (unpaired) electrons. The van der Waals surface area contributed by atoms with Crippen LogP contribution in [0.3, 0.4) is 0 Å². The third kappa shape index (κ3) is 2.76. The van der Waals surface area contributed by atoms with Crippen LogP contribution in [0.4, 0.5) is 0 Å². The molecule has 0 amide bonds. The van der Waals surface area contributed by atoms with Crippen LogP contribution in [0.5, 0.6) is 11.5 Å². The lowest BCUT2D eigenvalue weighted by molar-refractivity contribution is 0.171. The molecule has 2 nitrogen and oxygen atoms in total. The molecule has 3 rings (SSSR count). The lowest BCUT2D eigenvalue weighted by Gasteiger charge is -2.21. The summed E-state index contributed by atoms with van der Waals surface area (Å²) in [6.45, 7) is 1.08. The van der Waals surface area contributed by atoms with Crippen LogP contribution < -0.4 is 9.47 Å². The molecule has 104 valence electrons. The molecule has 1 aliphatic heterocycles. The predicted molar refractivity (Wildman–Crippen MR) is 84.3 cm³/mol. The summed E-state index contributed by atoms with van der Waals surface area (Å²) in [7, 11) is 0. The van der Waals surface area contributed by atoms with Gasteiger partial charge in [-0.1, -0.05) is 39.7 Å². The molecular formula is C15H11BrCl2O2. The number of rotatable bonds is 2. The third-order valence-corrected chi connectivity index (χ3v) is 4.44. The summed E-state index contributed by atoms with van der Waals surface area (Å²) in [6.07, 6.45) is 0. The van der Waals surface area contributed by atoms with Crippen molar-refractivity contribution in [2.45, 2.75) is 5.38 Å². The molecule has 0 saturated heterocycles. The summed E-state index contributed by atoms with van der Waals surface area (Å²) in [5.74, 6) is 1.36. The quantitative estimate of drug-likeness (QED) is 0.673. The highest BCUT2D eigenvalue weighted by atomic mass is 79.9. The van der Waals surface area contributed by atoms with Gasteiger partial charge in [0.05, 0.1) is 5.38 Å². The topological polar surface area (TPSA) is 18.5 Å². The fraction of sp³-hybridized carbons (Fsp3) is 0.200. The normalized spacial score (nSPS) is 14.9. The fourth-order valence-electron chi connectivity index (χ4n) is 2.09. The Morgan fingerprint density at radius 1 is 1.00 bits per heavy atom. The number of hydrogen-bond donors (Lipinski definition) is 0. The second-order valence-corrected chi connectivity index (χ2v) is 6.19. The van der Waals surface area contributed by atoms with E-state index in [0.29, 0.717) is 29.7 Å². The van der Waals surface area contributed by atoms with Gasteiger partial charge in [0, 0.05) is 15.6 Å². The molecule has 1 aliphatic rings. The molecule has 0 aromatic heterocycles. The van der Waals surface area contributed by atoms with Crippen molar-refractivity contribution in [2.75, 3.05) is 13.2 Å². The van der Waals surface area contributed by atoms with Gasteiger partial charge in [0.2, 0.25) is 0 Å². The molecule has 1 heterocycles. The average Bonchev–Trinajstić information content (AvgIpc) is 2.46. The maximum atomic E-state index is 6.54. The molecule has 1 atom stereocenters. The van der Waals surface area contributed by atoms with Crippen LogP contribution in [0.15, 0.2) is 40.9 Å². The highest BCUT2D eigenvalue weighted by molar-refractivity contribution is 9.10. The molecule has 2 aromatic carbocycles. The number of hydrogen-bond acceptors (Lipinski definition) is 2. The fourth-order valence-corrected chi connectivity index (χ4v) is 2.99. The predicted octanol–water partition coefficient (Wildman–Crippen LogP) is 5.20. The van der Waals surface area contributed by atoms with Crippen molar-refractivity contribution in [1.82, 2.24) is 0 Å². The summed E-state index contributed by atoms with van der Waals surface area (Å²) in [4.78, 5) is 0. The van der Waals surface area contributed by atoms with E-state index in [9.17, 15) is 0 Å². The SMILES string of the molecule is Clc1cc2c(cc1C(Cl)c1ccc(Br)cc1)OCCO2. The number of fused-ring (bicyclic) bond motifs is 1. The van der Waals surface area contributed by atoms with E-state index in [0.717, 1.165) is 15.6 Å². The van der Waals surface area contributed by atoms with Crippen LogP contribution in [-0.2, 0) is 0 Å². The van der Waals surface area contributed by atoms with Gasteiger partial charge in [-0.2, -0.15) is 0 Å². The summed E-state index contributed by atoms with van der Waals surface area (Å²) >= 11 is 16.3. The molecule has 20 heavy (non-hydrogen) atoms. The van der Waals surface area contributed by atoms with Gasteiger partial charge < -0.3 is 9.47 Å². The van der Waals surface area contributed by atoms with Gasteiger partial charge >= 0.3 is 0 Å². The minimum absolute atomic E-state index is 0.327. The first-order valence-corrected chi connectivity index (χ1v) is 7.74. The second kappa shape index (κ2) is 5.84. The number of ether oxygens (including phenoxy) is 2. The average molecular weight is 374 g/mol. The van der Waals surface area contributed by atoms with Crippen LogP contribution in [0, 0.1) is 0 Å². The Labute approximate surface area is 135 Å². The zero-order chi connectivity index (χ0) is 14.1. The Kier molecular flexibility index (Phi) is 4.11. The van der Waals surface area contributed by atoms with E-state index < -0.39 is 0 Å². The minimum Gasteiger partial charge on any atom is -0.486 e. The van der Waals surface area contributed by atoms with Crippen molar-refractivity contribution in [3.63, 3.8) is 0 Å². The van der Waals surface area contributed by atoms with Crippen LogP contribution in [0.2, 0.25) is 5.02 Å². The molecule has 0 aliphatic carbocycles. The van der Waals surface area contributed by atoms with E-state index in [1.807, 2.05) is 30.3 Å². The lowest BCUT2D eigenvalue weighted by Crippen LogP contribution is -2.15. The summed E-state index contributed by atoms with van der Waals surface area (Å²) in [5, 5.41) is 0.253. The van der Waals surface area contributed by atoms with Gasteiger partial charge in [-0.25, -0.2) is 0 Å². The zero-order valence-corrected chi connectivity index (χ0v) is 13.5. The first-order chi connectivity index (χ1) is 9.65. The van der Waals surface area contributed by atoms with E-state index >= 15 is 0 Å². The zero-order valence-electron chi connectivity index (χ0n) is 10.4. The van der Waals surface area contributed by atoms with E-state index in [1.54, 1.807) is 6.07 Å². The second-order valence-electron chi connectivity index (χ2n) is 4.43. The summed E-state index contributed by atoms with van der Waals surface area (Å²) in [5.41, 5.74) is 1.80. The van der Waals surface area contributed by atoms with E-state index in [-0.39, 0.29) is 5.38 Å². The monoisotopic (exact) mass is 372 g/mol. The molecule has 0 spiro atoms. The van der Waals surface area contributed by atoms with Crippen molar-refractivity contribution < 1.29 is 9.47 Å². The van der Waals surface area contributed by atoms with Crippen molar-refractivity contribution >= 4 is 39.1 Å². The van der Waals surface area contributed by atoms with Gasteiger partial charge in [0.15, 0.2) is 11.5 Å². The van der Waals surface area contributed by atoms with Gasteiger partial charge in [-0.05, 0) is 29.3 Å². The van der Waals surface area contributed by atoms with Gasteiger partial charge in [-0.3, -0.25) is 0 Å². The Morgan fingerprint density at radius 3 is 2.25 bits per heavy atom. The molecule has 0 saturated carbocycles. The first-order valence-electron chi connectivity index (χ1n) is 6.14. The Balaban J connectivity index is 1.98. The highest BCUT2D eigenvalue weighted by Gasteiger charge is 2.20. The first kappa shape index (κ1) is 14.1. The van der Waals surface area contributed by atoms with E-state index in [1.165, 1.54) is 0 Å². The van der Waals surface area contributed by atoms with E-state index in [2.05, 4.69) is 15.9 Å². The van der Waals surface area contributed by atoms with Gasteiger partial charge in [0.1, 0.15) is 13.2 Å². The van der Waals surface area contributed by atoms with Gasteiger partial charge in [-0.15, -0.1) is 11.6 Å². The summed E-state index contributed by atoms with van der Waals surface area (Å²) < 4.78 is 12.1. The molecule has 2 aromatic rings. The largest absolute Gasteiger partial charge is 0.486 e. The standard InChI is InChI=1S/C15H11BrCl2O2/c16-10-3-1-9(2-4-10)15(18)11-7-13-14(8-12(11)17)20-6-5-19-13/h1-4,7-8,15H,5-6H2. The van der Waals surface area contributed by atoms with Crippen LogP contribution in [0.1, 0.15) is 16.5 Å².